The smallest absolute Gasteiger partial charge is 0.330 e. The van der Waals surface area contributed by atoms with Crippen LogP contribution in [0.2, 0.25) is 0 Å². The van der Waals surface area contributed by atoms with E-state index in [1.54, 1.807) is 0 Å². The fourth-order valence-electron chi connectivity index (χ4n) is 2.98. The third-order valence-corrected chi connectivity index (χ3v) is 6.05. The standard InChI is InChI=1S/C20H22BrN5O3S/c1-3-4-8-26-17(22)16(18(28)24-20(26)29)25(2)15(27)10-14-11-30-19(23-14)12-6-5-7-13(21)9-12/h5-7,9,11H,3-4,8,10,22H2,1-2H3,(H,24,28,29). The van der Waals surface area contributed by atoms with Crippen LogP contribution in [0.5, 0.6) is 0 Å². The number of unbranched alkanes of at least 4 members (excludes halogenated alkanes) is 1. The van der Waals surface area contributed by atoms with Gasteiger partial charge in [-0.15, -0.1) is 11.3 Å². The van der Waals surface area contributed by atoms with E-state index in [1.807, 2.05) is 36.6 Å². The first-order chi connectivity index (χ1) is 14.3. The second-order valence-electron chi connectivity index (χ2n) is 6.78. The van der Waals surface area contributed by atoms with Crippen molar-refractivity contribution in [2.24, 2.45) is 0 Å². The number of carbonyl (C=O) groups is 1. The molecule has 10 heteroatoms. The van der Waals surface area contributed by atoms with Gasteiger partial charge in [0.15, 0.2) is 5.69 Å². The second-order valence-corrected chi connectivity index (χ2v) is 8.56. The van der Waals surface area contributed by atoms with Crippen LogP contribution in [0.4, 0.5) is 11.5 Å². The van der Waals surface area contributed by atoms with E-state index in [1.165, 1.54) is 27.9 Å². The number of hydrogen-bond donors (Lipinski definition) is 2. The van der Waals surface area contributed by atoms with Crippen molar-refractivity contribution in [2.45, 2.75) is 32.7 Å². The number of rotatable bonds is 7. The highest BCUT2D eigenvalue weighted by Gasteiger charge is 2.22. The maximum atomic E-state index is 12.8. The average Bonchev–Trinajstić information content (AvgIpc) is 3.16. The maximum Gasteiger partial charge on any atom is 0.330 e. The summed E-state index contributed by atoms with van der Waals surface area (Å²) in [5.74, 6) is -0.361. The maximum absolute atomic E-state index is 12.8. The number of thiazole rings is 1. The Morgan fingerprint density at radius 3 is 2.83 bits per heavy atom. The van der Waals surface area contributed by atoms with Crippen LogP contribution in [-0.2, 0) is 17.8 Å². The summed E-state index contributed by atoms with van der Waals surface area (Å²) >= 11 is 4.88. The van der Waals surface area contributed by atoms with Crippen molar-refractivity contribution in [3.05, 3.63) is 60.7 Å². The molecule has 0 bridgehead atoms. The number of nitrogen functional groups attached to an aromatic ring is 1. The molecule has 30 heavy (non-hydrogen) atoms. The number of benzene rings is 1. The molecule has 1 amide bonds. The van der Waals surface area contributed by atoms with Gasteiger partial charge in [0.1, 0.15) is 10.8 Å². The van der Waals surface area contributed by atoms with E-state index in [-0.39, 0.29) is 23.8 Å². The lowest BCUT2D eigenvalue weighted by Crippen LogP contribution is -2.39. The van der Waals surface area contributed by atoms with Crippen LogP contribution in [0, 0.1) is 0 Å². The van der Waals surface area contributed by atoms with E-state index in [9.17, 15) is 14.4 Å². The Morgan fingerprint density at radius 1 is 1.37 bits per heavy atom. The lowest BCUT2D eigenvalue weighted by molar-refractivity contribution is -0.117. The Kier molecular flexibility index (Phi) is 6.88. The van der Waals surface area contributed by atoms with Gasteiger partial charge in [-0.1, -0.05) is 41.4 Å². The molecule has 0 saturated carbocycles. The summed E-state index contributed by atoms with van der Waals surface area (Å²) in [5.41, 5.74) is 6.34. The SMILES string of the molecule is CCCCn1c(N)c(N(C)C(=O)Cc2csc(-c3cccc(Br)c3)n2)c(=O)[nH]c1=O. The van der Waals surface area contributed by atoms with E-state index in [2.05, 4.69) is 25.9 Å². The number of H-pyrrole nitrogens is 1. The number of halogens is 1. The minimum absolute atomic E-state index is 0.00791. The Morgan fingerprint density at radius 2 is 2.13 bits per heavy atom. The van der Waals surface area contributed by atoms with Crippen LogP contribution in [0.3, 0.4) is 0 Å². The predicted molar refractivity (Wildman–Crippen MR) is 123 cm³/mol. The molecule has 0 atom stereocenters. The highest BCUT2D eigenvalue weighted by molar-refractivity contribution is 9.10. The number of carbonyl (C=O) groups excluding carboxylic acids is 1. The lowest BCUT2D eigenvalue weighted by Gasteiger charge is -2.20. The van der Waals surface area contributed by atoms with E-state index in [0.717, 1.165) is 27.9 Å². The number of nitrogens with one attached hydrogen (secondary N) is 1. The molecule has 0 radical (unpaired) electrons. The van der Waals surface area contributed by atoms with Crippen molar-refractivity contribution in [2.75, 3.05) is 17.7 Å². The number of aromatic amines is 1. The summed E-state index contributed by atoms with van der Waals surface area (Å²) in [5, 5.41) is 2.62. The fraction of sp³-hybridized carbons (Fsp3) is 0.300. The minimum Gasteiger partial charge on any atom is -0.383 e. The lowest BCUT2D eigenvalue weighted by atomic mass is 10.2. The number of nitrogens with two attached hydrogens (primary N) is 1. The fourth-order valence-corrected chi connectivity index (χ4v) is 4.20. The van der Waals surface area contributed by atoms with Gasteiger partial charge >= 0.3 is 5.69 Å². The number of hydrogen-bond acceptors (Lipinski definition) is 6. The van der Waals surface area contributed by atoms with Crippen LogP contribution in [0.1, 0.15) is 25.5 Å². The minimum atomic E-state index is -0.686. The summed E-state index contributed by atoms with van der Waals surface area (Å²) in [6.45, 7) is 2.36. The molecule has 0 fully saturated rings. The zero-order valence-electron chi connectivity index (χ0n) is 16.6. The zero-order valence-corrected chi connectivity index (χ0v) is 19.0. The van der Waals surface area contributed by atoms with Crippen molar-refractivity contribution in [3.8, 4) is 10.6 Å². The summed E-state index contributed by atoms with van der Waals surface area (Å²) in [6.07, 6.45) is 1.59. The van der Waals surface area contributed by atoms with Gasteiger partial charge in [0.25, 0.3) is 5.56 Å². The zero-order chi connectivity index (χ0) is 21.8. The van der Waals surface area contributed by atoms with Crippen molar-refractivity contribution < 1.29 is 4.79 Å². The van der Waals surface area contributed by atoms with Crippen LogP contribution >= 0.6 is 27.3 Å². The molecule has 1 aromatic carbocycles. The number of nitrogens with zero attached hydrogens (tertiary/aromatic N) is 3. The molecule has 0 unspecified atom stereocenters. The van der Waals surface area contributed by atoms with Gasteiger partial charge in [-0.2, -0.15) is 0 Å². The monoisotopic (exact) mass is 491 g/mol. The molecule has 2 aromatic heterocycles. The quantitative estimate of drug-likeness (QED) is 0.527. The molecular weight excluding hydrogens is 470 g/mol. The van der Waals surface area contributed by atoms with Gasteiger partial charge < -0.3 is 10.6 Å². The van der Waals surface area contributed by atoms with Crippen LogP contribution in [0.15, 0.2) is 43.7 Å². The van der Waals surface area contributed by atoms with E-state index >= 15 is 0 Å². The molecule has 0 aliphatic heterocycles. The van der Waals surface area contributed by atoms with Gasteiger partial charge in [0.2, 0.25) is 5.91 Å². The Balaban J connectivity index is 1.83. The van der Waals surface area contributed by atoms with Crippen molar-refractivity contribution >= 4 is 44.7 Å². The average molecular weight is 492 g/mol. The van der Waals surface area contributed by atoms with Crippen molar-refractivity contribution in [1.82, 2.24) is 14.5 Å². The molecule has 158 valence electrons. The van der Waals surface area contributed by atoms with Crippen molar-refractivity contribution in [3.63, 3.8) is 0 Å². The highest BCUT2D eigenvalue weighted by atomic mass is 79.9. The van der Waals surface area contributed by atoms with Gasteiger partial charge in [0.05, 0.1) is 12.1 Å². The molecule has 0 aliphatic carbocycles. The number of amides is 1. The number of aromatic nitrogens is 3. The molecule has 0 saturated heterocycles. The summed E-state index contributed by atoms with van der Waals surface area (Å²) in [6, 6.07) is 7.75. The Bertz CT molecular complexity index is 1180. The van der Waals surface area contributed by atoms with Crippen LogP contribution in [-0.4, -0.2) is 27.5 Å². The van der Waals surface area contributed by atoms with Crippen molar-refractivity contribution in [1.29, 1.82) is 0 Å². The van der Waals surface area contributed by atoms with E-state index < -0.39 is 11.2 Å². The van der Waals surface area contributed by atoms with Gasteiger partial charge in [-0.3, -0.25) is 19.1 Å². The molecule has 0 spiro atoms. The summed E-state index contributed by atoms with van der Waals surface area (Å²) in [4.78, 5) is 45.2. The number of anilines is 2. The highest BCUT2D eigenvalue weighted by Crippen LogP contribution is 2.26. The van der Waals surface area contributed by atoms with Gasteiger partial charge in [-0.25, -0.2) is 9.78 Å². The number of likely N-dealkylation sites (N-methyl/N-ethyl adjacent to an activating group) is 1. The molecule has 3 rings (SSSR count). The third kappa shape index (κ3) is 4.71. The van der Waals surface area contributed by atoms with Gasteiger partial charge in [0, 0.05) is 29.0 Å². The molecular formula is C20H22BrN5O3S. The molecule has 8 nitrogen and oxygen atoms in total. The van der Waals surface area contributed by atoms with Crippen LogP contribution in [0.25, 0.3) is 10.6 Å². The van der Waals surface area contributed by atoms with E-state index in [4.69, 9.17) is 5.73 Å². The summed E-state index contributed by atoms with van der Waals surface area (Å²) in [7, 11) is 1.47. The first kappa shape index (κ1) is 22.0. The third-order valence-electron chi connectivity index (χ3n) is 4.61. The topological polar surface area (TPSA) is 114 Å². The normalized spacial score (nSPS) is 10.9. The Hall–Kier alpha value is -2.72. The van der Waals surface area contributed by atoms with Gasteiger partial charge in [-0.05, 0) is 18.6 Å². The molecule has 3 aromatic rings. The Labute approximate surface area is 185 Å². The molecule has 0 aliphatic rings. The largest absolute Gasteiger partial charge is 0.383 e. The van der Waals surface area contributed by atoms with E-state index in [0.29, 0.717) is 12.2 Å². The summed E-state index contributed by atoms with van der Waals surface area (Å²) < 4.78 is 2.23. The second kappa shape index (κ2) is 9.40. The first-order valence-corrected chi connectivity index (χ1v) is 11.1. The predicted octanol–water partition coefficient (Wildman–Crippen LogP) is 3.01. The molecule has 3 N–H and O–H groups in total. The first-order valence-electron chi connectivity index (χ1n) is 9.41. The van der Waals surface area contributed by atoms with Crippen LogP contribution < -0.4 is 21.9 Å². The molecule has 2 heterocycles.